The molecule has 0 aliphatic heterocycles. The molecule has 1 amide bonds. The van der Waals surface area contributed by atoms with E-state index in [1.54, 1.807) is 30.5 Å². The van der Waals surface area contributed by atoms with Gasteiger partial charge in [0.05, 0.1) is 16.9 Å². The second-order valence-electron chi connectivity index (χ2n) is 5.53. The average Bonchev–Trinajstić information content (AvgIpc) is 2.74. The lowest BCUT2D eigenvalue weighted by atomic mass is 10.2. The van der Waals surface area contributed by atoms with Gasteiger partial charge in [0, 0.05) is 24.2 Å². The molecule has 0 bridgehead atoms. The summed E-state index contributed by atoms with van der Waals surface area (Å²) in [5.74, 6) is 0.657. The largest absolute Gasteiger partial charge is 0.354 e. The highest BCUT2D eigenvalue weighted by Crippen LogP contribution is 2.32. The van der Waals surface area contributed by atoms with Crippen molar-refractivity contribution in [2.75, 3.05) is 23.9 Å². The number of nitrogens with zero attached hydrogens (tertiary/aromatic N) is 4. The number of anilines is 4. The van der Waals surface area contributed by atoms with Crippen molar-refractivity contribution >= 4 is 40.7 Å². The molecule has 2 aromatic heterocycles. The molecule has 0 saturated carbocycles. The molecule has 1 aromatic carbocycles. The highest BCUT2D eigenvalue weighted by Gasteiger charge is 2.17. The summed E-state index contributed by atoms with van der Waals surface area (Å²) in [7, 11) is 1.53. The number of pyridine rings is 1. The SMILES string of the molecule is CNC(=O)c1nnc(Nc2ccccn2)cc1Nc1cccc(C#N)c1SC. The number of amides is 1. The van der Waals surface area contributed by atoms with Gasteiger partial charge < -0.3 is 16.0 Å². The van der Waals surface area contributed by atoms with Crippen molar-refractivity contribution in [2.24, 2.45) is 0 Å². The number of carbonyl (C=O) groups excluding carboxylic acids is 1. The highest BCUT2D eigenvalue weighted by atomic mass is 32.2. The number of thioether (sulfide) groups is 1. The summed E-state index contributed by atoms with van der Waals surface area (Å²) < 4.78 is 0. The van der Waals surface area contributed by atoms with Crippen LogP contribution >= 0.6 is 11.8 Å². The van der Waals surface area contributed by atoms with E-state index >= 15 is 0 Å². The Morgan fingerprint density at radius 2 is 1.93 bits per heavy atom. The van der Waals surface area contributed by atoms with Crippen LogP contribution in [-0.4, -0.2) is 34.4 Å². The van der Waals surface area contributed by atoms with Gasteiger partial charge in [-0.3, -0.25) is 4.79 Å². The Morgan fingerprint density at radius 1 is 1.07 bits per heavy atom. The van der Waals surface area contributed by atoms with Crippen LogP contribution in [0.25, 0.3) is 0 Å². The first-order valence-electron chi connectivity index (χ1n) is 8.28. The van der Waals surface area contributed by atoms with Crippen LogP contribution < -0.4 is 16.0 Å². The van der Waals surface area contributed by atoms with Gasteiger partial charge in [-0.15, -0.1) is 22.0 Å². The minimum Gasteiger partial charge on any atom is -0.354 e. The molecule has 3 rings (SSSR count). The molecule has 140 valence electrons. The quantitative estimate of drug-likeness (QED) is 0.548. The number of carbonyl (C=O) groups is 1. The van der Waals surface area contributed by atoms with Crippen LogP contribution in [0.5, 0.6) is 0 Å². The predicted octanol–water partition coefficient (Wildman–Crippen LogP) is 3.31. The molecule has 0 aliphatic carbocycles. The Balaban J connectivity index is 2.01. The van der Waals surface area contributed by atoms with Gasteiger partial charge in [0.1, 0.15) is 11.9 Å². The number of rotatable bonds is 6. The summed E-state index contributed by atoms with van der Waals surface area (Å²) >= 11 is 1.45. The van der Waals surface area contributed by atoms with E-state index < -0.39 is 0 Å². The molecule has 3 aromatic rings. The summed E-state index contributed by atoms with van der Waals surface area (Å²) in [5, 5.41) is 26.3. The van der Waals surface area contributed by atoms with Crippen molar-refractivity contribution < 1.29 is 4.79 Å². The topological polar surface area (TPSA) is 116 Å². The van der Waals surface area contributed by atoms with Crippen LogP contribution in [0.15, 0.2) is 53.6 Å². The third kappa shape index (κ3) is 4.19. The highest BCUT2D eigenvalue weighted by molar-refractivity contribution is 7.98. The fourth-order valence-electron chi connectivity index (χ4n) is 2.49. The van der Waals surface area contributed by atoms with E-state index in [4.69, 9.17) is 0 Å². The van der Waals surface area contributed by atoms with Crippen molar-refractivity contribution in [3.8, 4) is 6.07 Å². The molecule has 0 saturated heterocycles. The van der Waals surface area contributed by atoms with Crippen LogP contribution in [0.4, 0.5) is 23.0 Å². The summed E-state index contributed by atoms with van der Waals surface area (Å²) in [6, 6.07) is 14.7. The molecular formula is C19H17N7OS. The third-order valence-corrected chi connectivity index (χ3v) is 4.61. The second-order valence-corrected chi connectivity index (χ2v) is 6.35. The maximum absolute atomic E-state index is 12.2. The molecular weight excluding hydrogens is 374 g/mol. The molecule has 0 aliphatic rings. The fourth-order valence-corrected chi connectivity index (χ4v) is 3.16. The van der Waals surface area contributed by atoms with Gasteiger partial charge in [-0.1, -0.05) is 12.1 Å². The Bertz CT molecular complexity index is 1030. The maximum atomic E-state index is 12.2. The first kappa shape index (κ1) is 19.1. The van der Waals surface area contributed by atoms with Gasteiger partial charge in [0.15, 0.2) is 11.5 Å². The van der Waals surface area contributed by atoms with Gasteiger partial charge in [-0.05, 0) is 30.5 Å². The van der Waals surface area contributed by atoms with Crippen LogP contribution in [0.1, 0.15) is 16.1 Å². The van der Waals surface area contributed by atoms with Gasteiger partial charge >= 0.3 is 0 Å². The van der Waals surface area contributed by atoms with Crippen molar-refractivity contribution in [2.45, 2.75) is 4.90 Å². The molecule has 0 unspecified atom stereocenters. The van der Waals surface area contributed by atoms with Crippen molar-refractivity contribution in [1.82, 2.24) is 20.5 Å². The van der Waals surface area contributed by atoms with E-state index in [2.05, 4.69) is 37.2 Å². The van der Waals surface area contributed by atoms with Crippen LogP contribution in [0, 0.1) is 11.3 Å². The third-order valence-electron chi connectivity index (χ3n) is 3.77. The Hall–Kier alpha value is -3.64. The molecule has 28 heavy (non-hydrogen) atoms. The smallest absolute Gasteiger partial charge is 0.273 e. The number of hydrogen-bond acceptors (Lipinski definition) is 8. The molecule has 0 spiro atoms. The lowest BCUT2D eigenvalue weighted by Crippen LogP contribution is -2.21. The zero-order valence-corrected chi connectivity index (χ0v) is 16.0. The van der Waals surface area contributed by atoms with E-state index in [-0.39, 0.29) is 11.6 Å². The molecule has 2 heterocycles. The summed E-state index contributed by atoms with van der Waals surface area (Å²) in [6.07, 6.45) is 3.55. The van der Waals surface area contributed by atoms with Crippen LogP contribution in [0.2, 0.25) is 0 Å². The average molecular weight is 391 g/mol. The lowest BCUT2D eigenvalue weighted by Gasteiger charge is -2.15. The Labute approximate surface area is 166 Å². The van der Waals surface area contributed by atoms with Crippen molar-refractivity contribution in [3.63, 3.8) is 0 Å². The van der Waals surface area contributed by atoms with Gasteiger partial charge in [-0.2, -0.15) is 5.26 Å². The van der Waals surface area contributed by atoms with E-state index in [1.807, 2.05) is 24.5 Å². The van der Waals surface area contributed by atoms with Gasteiger partial charge in [0.2, 0.25) is 0 Å². The second kappa shape index (κ2) is 8.83. The summed E-state index contributed by atoms with van der Waals surface area (Å²) in [4.78, 5) is 17.2. The van der Waals surface area contributed by atoms with Crippen molar-refractivity contribution in [1.29, 1.82) is 5.26 Å². The minimum atomic E-state index is -0.374. The number of benzene rings is 1. The first-order valence-corrected chi connectivity index (χ1v) is 9.50. The molecule has 0 fully saturated rings. The van der Waals surface area contributed by atoms with E-state index in [1.165, 1.54) is 18.8 Å². The first-order chi connectivity index (χ1) is 13.7. The predicted molar refractivity (Wildman–Crippen MR) is 109 cm³/mol. The lowest BCUT2D eigenvalue weighted by molar-refractivity contribution is 0.0958. The zero-order chi connectivity index (χ0) is 19.9. The standard InChI is InChI=1S/C19H17N7OS/c1-21-19(27)17-14(23-13-7-5-6-12(11-20)18(13)28-2)10-16(25-26-17)24-15-8-3-4-9-22-15/h3-10H,1-2H3,(H,21,27)(H2,22,23,24,25). The molecule has 0 atom stereocenters. The molecule has 8 nitrogen and oxygen atoms in total. The van der Waals surface area contributed by atoms with E-state index in [9.17, 15) is 10.1 Å². The Kier molecular flexibility index (Phi) is 6.04. The fraction of sp³-hybridized carbons (Fsp3) is 0.105. The van der Waals surface area contributed by atoms with Crippen molar-refractivity contribution in [3.05, 3.63) is 59.9 Å². The zero-order valence-electron chi connectivity index (χ0n) is 15.2. The summed E-state index contributed by atoms with van der Waals surface area (Å²) in [5.41, 5.74) is 1.85. The number of nitriles is 1. The molecule has 9 heteroatoms. The van der Waals surface area contributed by atoms with Gasteiger partial charge in [-0.25, -0.2) is 4.98 Å². The van der Waals surface area contributed by atoms with Crippen LogP contribution in [-0.2, 0) is 0 Å². The summed E-state index contributed by atoms with van der Waals surface area (Å²) in [6.45, 7) is 0. The van der Waals surface area contributed by atoms with Crippen LogP contribution in [0.3, 0.4) is 0 Å². The normalized spacial score (nSPS) is 10.0. The number of nitrogens with one attached hydrogen (secondary N) is 3. The monoisotopic (exact) mass is 391 g/mol. The molecule has 3 N–H and O–H groups in total. The minimum absolute atomic E-state index is 0.142. The number of hydrogen-bond donors (Lipinski definition) is 3. The maximum Gasteiger partial charge on any atom is 0.273 e. The van der Waals surface area contributed by atoms with E-state index in [0.29, 0.717) is 28.6 Å². The van der Waals surface area contributed by atoms with E-state index in [0.717, 1.165) is 4.90 Å². The Morgan fingerprint density at radius 3 is 2.61 bits per heavy atom. The number of aromatic nitrogens is 3. The molecule has 0 radical (unpaired) electrons. The van der Waals surface area contributed by atoms with Gasteiger partial charge in [0.25, 0.3) is 5.91 Å².